The number of aromatic amines is 1. The highest BCUT2D eigenvalue weighted by Gasteiger charge is 2.24. The minimum absolute atomic E-state index is 0. The number of thiophene rings is 1. The zero-order valence-corrected chi connectivity index (χ0v) is 23.2. The van der Waals surface area contributed by atoms with Gasteiger partial charge in [0.1, 0.15) is 21.0 Å². The molecule has 0 aliphatic carbocycles. The standard InChI is InChI=1S/C27H24Cl2N2O6S.H2O/c1-35-22-8-6-15(10-24(22)36-2)23(11-17-18(28)13-30-14-19(17)29)37-27(34)25-9-7-16(38-25)12-31-20-4-3-5-21(32)26(20)33;/h3-10,13-14,23,31-33H,11-12H2,1-2H3;1H2/t23-;/m0./s1. The second kappa shape index (κ2) is 13.4. The Morgan fingerprint density at radius 2 is 1.74 bits per heavy atom. The molecular formula is C27H26Cl2N2O7S. The normalized spacial score (nSPS) is 11.3. The van der Waals surface area contributed by atoms with E-state index in [9.17, 15) is 15.0 Å². The van der Waals surface area contributed by atoms with Crippen LogP contribution in [0.4, 0.5) is 5.69 Å². The summed E-state index contributed by atoms with van der Waals surface area (Å²) in [5.74, 6) is 0.0561. The van der Waals surface area contributed by atoms with Crippen LogP contribution < -0.4 is 19.8 Å². The fourth-order valence-electron chi connectivity index (χ4n) is 3.76. The molecule has 0 spiro atoms. The van der Waals surface area contributed by atoms with E-state index in [1.54, 1.807) is 62.0 Å². The number of pyridine rings is 1. The number of H-pyrrole nitrogens is 1. The van der Waals surface area contributed by atoms with Crippen molar-refractivity contribution in [2.75, 3.05) is 19.5 Å². The van der Waals surface area contributed by atoms with Gasteiger partial charge in [0, 0.05) is 23.4 Å². The number of esters is 1. The van der Waals surface area contributed by atoms with Gasteiger partial charge in [-0.05, 0) is 42.0 Å². The van der Waals surface area contributed by atoms with Crippen molar-refractivity contribution in [3.05, 3.63) is 91.9 Å². The van der Waals surface area contributed by atoms with Crippen LogP contribution in [-0.2, 0) is 17.7 Å². The second-order valence-corrected chi connectivity index (χ2v) is 10.1. The Labute approximate surface area is 238 Å². The number of methoxy groups -OCH3 is 2. The van der Waals surface area contributed by atoms with Gasteiger partial charge in [0.25, 0.3) is 0 Å². The number of aromatic hydroxyl groups is 2. The van der Waals surface area contributed by atoms with Crippen molar-refractivity contribution in [2.24, 2.45) is 0 Å². The maximum atomic E-state index is 13.2. The van der Waals surface area contributed by atoms with E-state index >= 15 is 0 Å². The van der Waals surface area contributed by atoms with Gasteiger partial charge in [-0.15, -0.1) is 11.3 Å². The highest BCUT2D eigenvalue weighted by Crippen LogP contribution is 2.36. The minimum Gasteiger partial charge on any atom is -0.870 e. The number of rotatable bonds is 10. The molecular weight excluding hydrogens is 567 g/mol. The number of para-hydroxylation sites is 1. The van der Waals surface area contributed by atoms with E-state index in [1.165, 1.54) is 24.5 Å². The van der Waals surface area contributed by atoms with Gasteiger partial charge in [0.05, 0.1) is 19.9 Å². The van der Waals surface area contributed by atoms with Crippen LogP contribution in [0.2, 0.25) is 10.0 Å². The zero-order valence-electron chi connectivity index (χ0n) is 20.9. The molecule has 206 valence electrons. The van der Waals surface area contributed by atoms with Crippen LogP contribution in [-0.4, -0.2) is 35.9 Å². The smallest absolute Gasteiger partial charge is 0.348 e. The molecule has 0 saturated carbocycles. The summed E-state index contributed by atoms with van der Waals surface area (Å²) in [6.45, 7) is 0.333. The first kappa shape index (κ1) is 29.9. The number of phenolic OH excluding ortho intramolecular Hbond substituents is 2. The van der Waals surface area contributed by atoms with Gasteiger partial charge in [-0.2, -0.15) is 0 Å². The quantitative estimate of drug-likeness (QED) is 0.153. The molecule has 0 amide bonds. The summed E-state index contributed by atoms with van der Waals surface area (Å²) in [6, 6.07) is 13.4. The van der Waals surface area contributed by atoms with Gasteiger partial charge < -0.3 is 35.2 Å². The molecule has 39 heavy (non-hydrogen) atoms. The first-order valence-electron chi connectivity index (χ1n) is 11.4. The summed E-state index contributed by atoms with van der Waals surface area (Å²) in [5.41, 5.74) is 1.68. The van der Waals surface area contributed by atoms with Crippen molar-refractivity contribution in [1.29, 1.82) is 0 Å². The summed E-state index contributed by atoms with van der Waals surface area (Å²) in [4.78, 5) is 17.3. The molecule has 0 aliphatic heterocycles. The predicted octanol–water partition coefficient (Wildman–Crippen LogP) is 5.87. The third-order valence-electron chi connectivity index (χ3n) is 5.75. The van der Waals surface area contributed by atoms with Crippen molar-refractivity contribution in [1.82, 2.24) is 0 Å². The van der Waals surface area contributed by atoms with E-state index in [0.29, 0.717) is 49.8 Å². The lowest BCUT2D eigenvalue weighted by molar-refractivity contribution is -0.377. The molecule has 0 unspecified atom stereocenters. The van der Waals surface area contributed by atoms with Crippen molar-refractivity contribution in [2.45, 2.75) is 19.1 Å². The van der Waals surface area contributed by atoms with Crippen LogP contribution in [0.3, 0.4) is 0 Å². The number of carbonyl (C=O) groups excluding carboxylic acids is 1. The van der Waals surface area contributed by atoms with E-state index < -0.39 is 12.1 Å². The molecule has 9 nitrogen and oxygen atoms in total. The van der Waals surface area contributed by atoms with Gasteiger partial charge in [0.2, 0.25) is 0 Å². The van der Waals surface area contributed by atoms with E-state index in [0.717, 1.165) is 4.88 Å². The van der Waals surface area contributed by atoms with Gasteiger partial charge in [-0.1, -0.05) is 35.3 Å². The Kier molecular flexibility index (Phi) is 10.2. The van der Waals surface area contributed by atoms with E-state index in [2.05, 4.69) is 10.3 Å². The number of carbonyl (C=O) groups is 1. The molecule has 0 aliphatic rings. The third-order valence-corrected chi connectivity index (χ3v) is 7.49. The summed E-state index contributed by atoms with van der Waals surface area (Å²) in [5, 5.41) is 23.5. The van der Waals surface area contributed by atoms with Crippen LogP contribution in [0.25, 0.3) is 0 Å². The lowest BCUT2D eigenvalue weighted by atomic mass is 10.0. The Morgan fingerprint density at radius 3 is 2.44 bits per heavy atom. The largest absolute Gasteiger partial charge is 0.870 e. The molecule has 4 rings (SSSR count). The lowest BCUT2D eigenvalue weighted by Crippen LogP contribution is -2.15. The van der Waals surface area contributed by atoms with Crippen molar-refractivity contribution < 1.29 is 39.7 Å². The number of ether oxygens (including phenoxy) is 3. The summed E-state index contributed by atoms with van der Waals surface area (Å²) in [7, 11) is 3.07. The lowest BCUT2D eigenvalue weighted by Gasteiger charge is -2.20. The highest BCUT2D eigenvalue weighted by atomic mass is 35.5. The van der Waals surface area contributed by atoms with Crippen molar-refractivity contribution >= 4 is 46.2 Å². The minimum atomic E-state index is -0.729. The van der Waals surface area contributed by atoms with E-state index in [-0.39, 0.29) is 23.4 Å². The molecule has 0 radical (unpaired) electrons. The molecule has 4 aromatic rings. The molecule has 0 bridgehead atoms. The molecule has 0 fully saturated rings. The summed E-state index contributed by atoms with van der Waals surface area (Å²) in [6.07, 6.45) is 2.72. The molecule has 2 aromatic carbocycles. The fourth-order valence-corrected chi connectivity index (χ4v) is 5.13. The van der Waals surface area contributed by atoms with Crippen LogP contribution in [0, 0.1) is 0 Å². The van der Waals surface area contributed by atoms with Crippen molar-refractivity contribution in [3.63, 3.8) is 0 Å². The number of anilines is 1. The molecule has 2 aromatic heterocycles. The Morgan fingerprint density at radius 1 is 1.03 bits per heavy atom. The van der Waals surface area contributed by atoms with Crippen LogP contribution in [0.1, 0.15) is 31.8 Å². The first-order valence-corrected chi connectivity index (χ1v) is 13.0. The monoisotopic (exact) mass is 592 g/mol. The highest BCUT2D eigenvalue weighted by molar-refractivity contribution is 7.13. The molecule has 0 saturated heterocycles. The maximum absolute atomic E-state index is 13.2. The predicted molar refractivity (Wildman–Crippen MR) is 148 cm³/mol. The number of phenols is 2. The number of aromatic nitrogens is 1. The van der Waals surface area contributed by atoms with E-state index in [4.69, 9.17) is 37.4 Å². The van der Waals surface area contributed by atoms with Crippen LogP contribution in [0.5, 0.6) is 23.0 Å². The zero-order chi connectivity index (χ0) is 27.2. The average molecular weight is 593 g/mol. The van der Waals surface area contributed by atoms with Gasteiger partial charge in [-0.25, -0.2) is 9.78 Å². The molecule has 1 atom stereocenters. The second-order valence-electron chi connectivity index (χ2n) is 8.14. The number of nitrogens with one attached hydrogen (secondary N) is 2. The summed E-state index contributed by atoms with van der Waals surface area (Å²) < 4.78 is 16.7. The van der Waals surface area contributed by atoms with Crippen LogP contribution in [0.15, 0.2) is 60.9 Å². The number of hydrogen-bond acceptors (Lipinski definition) is 9. The maximum Gasteiger partial charge on any atom is 0.348 e. The van der Waals surface area contributed by atoms with E-state index in [1.807, 2.05) is 0 Å². The van der Waals surface area contributed by atoms with Crippen LogP contribution >= 0.6 is 34.5 Å². The topological polar surface area (TPSA) is 141 Å². The first-order chi connectivity index (χ1) is 18.3. The molecule has 5 N–H and O–H groups in total. The van der Waals surface area contributed by atoms with Gasteiger partial charge in [0.15, 0.2) is 35.4 Å². The fraction of sp³-hybridized carbons (Fsp3) is 0.185. The number of hydrogen-bond donors (Lipinski definition) is 3. The van der Waals surface area contributed by atoms with Crippen molar-refractivity contribution in [3.8, 4) is 23.0 Å². The third kappa shape index (κ3) is 7.04. The average Bonchev–Trinajstić information content (AvgIpc) is 3.40. The SMILES string of the molecule is COc1ccc([C@H](Cc2c(Cl)c[nH+]cc2Cl)OC(=O)c2ccc(CNc3cccc(O)c3O)s2)cc1OC.[OH-]. The Hall–Kier alpha value is -3.70. The summed E-state index contributed by atoms with van der Waals surface area (Å²) >= 11 is 14.0. The number of benzene rings is 2. The molecule has 2 heterocycles. The van der Waals surface area contributed by atoms with Gasteiger partial charge >= 0.3 is 5.97 Å². The Bertz CT molecular complexity index is 1430. The van der Waals surface area contributed by atoms with Gasteiger partial charge in [-0.3, -0.25) is 0 Å². The Balaban J connectivity index is 0.00000420. The molecule has 12 heteroatoms. The number of halogens is 2.